The van der Waals surface area contributed by atoms with Gasteiger partial charge in [-0.1, -0.05) is 37.3 Å². The quantitative estimate of drug-likeness (QED) is 0.821. The lowest BCUT2D eigenvalue weighted by atomic mass is 10.1. The minimum Gasteiger partial charge on any atom is -0.376 e. The summed E-state index contributed by atoms with van der Waals surface area (Å²) >= 11 is 0. The molecule has 0 radical (unpaired) electrons. The van der Waals surface area contributed by atoms with Gasteiger partial charge in [0.05, 0.1) is 12.7 Å². The molecule has 23 heavy (non-hydrogen) atoms. The number of rotatable bonds is 6. The van der Waals surface area contributed by atoms with E-state index in [0.29, 0.717) is 12.6 Å². The maximum atomic E-state index is 11.9. The van der Waals surface area contributed by atoms with Crippen molar-refractivity contribution in [1.82, 2.24) is 10.2 Å². The standard InChI is InChI=1S/C19H28N2O2/c1-4-6-15(2)19(22)20-12-17-7-5-8-18(11-17)14-21-9-10-23-16(3)13-21/h5-8,11,16H,4,9-10,12-14H2,1-3H3,(H,20,22)/b15-6-/t16-/m0/s1. The molecule has 1 aliphatic heterocycles. The van der Waals surface area contributed by atoms with Gasteiger partial charge >= 0.3 is 0 Å². The molecule has 2 rings (SSSR count). The Morgan fingerprint density at radius 2 is 2.22 bits per heavy atom. The monoisotopic (exact) mass is 316 g/mol. The number of amides is 1. The number of nitrogens with zero attached hydrogens (tertiary/aromatic N) is 1. The summed E-state index contributed by atoms with van der Waals surface area (Å²) < 4.78 is 5.58. The highest BCUT2D eigenvalue weighted by molar-refractivity contribution is 5.92. The number of morpholine rings is 1. The van der Waals surface area contributed by atoms with Crippen LogP contribution in [0.15, 0.2) is 35.9 Å². The number of hydrogen-bond acceptors (Lipinski definition) is 3. The van der Waals surface area contributed by atoms with E-state index < -0.39 is 0 Å². The predicted octanol–water partition coefficient (Wildman–Crippen LogP) is 2.88. The molecule has 1 atom stereocenters. The molecule has 4 heteroatoms. The van der Waals surface area contributed by atoms with Gasteiger partial charge in [0.25, 0.3) is 0 Å². The van der Waals surface area contributed by atoms with Gasteiger partial charge in [-0.05, 0) is 31.4 Å². The summed E-state index contributed by atoms with van der Waals surface area (Å²) in [4.78, 5) is 14.4. The van der Waals surface area contributed by atoms with Crippen LogP contribution in [0.2, 0.25) is 0 Å². The molecule has 1 heterocycles. The number of hydrogen-bond donors (Lipinski definition) is 1. The van der Waals surface area contributed by atoms with Crippen LogP contribution < -0.4 is 5.32 Å². The minimum absolute atomic E-state index is 0.0132. The summed E-state index contributed by atoms with van der Waals surface area (Å²) in [6, 6.07) is 8.45. The maximum Gasteiger partial charge on any atom is 0.246 e. The van der Waals surface area contributed by atoms with E-state index in [1.807, 2.05) is 19.9 Å². The predicted molar refractivity (Wildman–Crippen MR) is 93.0 cm³/mol. The lowest BCUT2D eigenvalue weighted by Gasteiger charge is -2.31. The molecule has 126 valence electrons. The molecule has 1 aromatic rings. The van der Waals surface area contributed by atoms with Gasteiger partial charge in [-0.2, -0.15) is 0 Å². The van der Waals surface area contributed by atoms with Gasteiger partial charge in [0.15, 0.2) is 0 Å². The van der Waals surface area contributed by atoms with Crippen LogP contribution in [0.5, 0.6) is 0 Å². The third kappa shape index (κ3) is 5.81. The van der Waals surface area contributed by atoms with E-state index in [0.717, 1.165) is 43.8 Å². The Kier molecular flexibility index (Phi) is 6.81. The van der Waals surface area contributed by atoms with Gasteiger partial charge < -0.3 is 10.1 Å². The second kappa shape index (κ2) is 8.85. The molecule has 0 unspecified atom stereocenters. The second-order valence-corrected chi connectivity index (χ2v) is 6.21. The van der Waals surface area contributed by atoms with E-state index in [1.165, 1.54) is 5.56 Å². The normalized spacial score (nSPS) is 19.6. The molecule has 1 aliphatic rings. The molecule has 0 bridgehead atoms. The van der Waals surface area contributed by atoms with E-state index in [9.17, 15) is 4.79 Å². The first kappa shape index (κ1) is 17.7. The van der Waals surface area contributed by atoms with Crippen molar-refractivity contribution in [3.63, 3.8) is 0 Å². The number of ether oxygens (including phenoxy) is 1. The Morgan fingerprint density at radius 3 is 2.96 bits per heavy atom. The highest BCUT2D eigenvalue weighted by atomic mass is 16.5. The summed E-state index contributed by atoms with van der Waals surface area (Å²) in [6.07, 6.45) is 3.14. The van der Waals surface area contributed by atoms with Crippen LogP contribution in [0, 0.1) is 0 Å². The Morgan fingerprint density at radius 1 is 1.43 bits per heavy atom. The zero-order valence-electron chi connectivity index (χ0n) is 14.5. The van der Waals surface area contributed by atoms with Crippen molar-refractivity contribution in [2.24, 2.45) is 0 Å². The van der Waals surface area contributed by atoms with Gasteiger partial charge in [-0.25, -0.2) is 0 Å². The van der Waals surface area contributed by atoms with E-state index in [2.05, 4.69) is 41.4 Å². The Balaban J connectivity index is 1.89. The van der Waals surface area contributed by atoms with Crippen LogP contribution in [0.4, 0.5) is 0 Å². The summed E-state index contributed by atoms with van der Waals surface area (Å²) in [7, 11) is 0. The first-order valence-corrected chi connectivity index (χ1v) is 8.45. The van der Waals surface area contributed by atoms with Gasteiger partial charge in [-0.15, -0.1) is 0 Å². The first-order valence-electron chi connectivity index (χ1n) is 8.45. The number of allylic oxidation sites excluding steroid dienone is 1. The molecular weight excluding hydrogens is 288 g/mol. The molecule has 4 nitrogen and oxygen atoms in total. The van der Waals surface area contributed by atoms with Crippen molar-refractivity contribution >= 4 is 5.91 Å². The second-order valence-electron chi connectivity index (χ2n) is 6.21. The molecule has 1 saturated heterocycles. The third-order valence-corrected chi connectivity index (χ3v) is 4.04. The number of carbonyl (C=O) groups is 1. The fourth-order valence-corrected chi connectivity index (χ4v) is 2.85. The molecule has 1 N–H and O–H groups in total. The van der Waals surface area contributed by atoms with Crippen molar-refractivity contribution < 1.29 is 9.53 Å². The lowest BCUT2D eigenvalue weighted by Crippen LogP contribution is -2.40. The van der Waals surface area contributed by atoms with E-state index in [4.69, 9.17) is 4.74 Å². The van der Waals surface area contributed by atoms with Gasteiger partial charge in [0.1, 0.15) is 0 Å². The molecule has 1 fully saturated rings. The first-order chi connectivity index (χ1) is 11.1. The fourth-order valence-electron chi connectivity index (χ4n) is 2.85. The molecule has 0 spiro atoms. The summed E-state index contributed by atoms with van der Waals surface area (Å²) in [5.74, 6) is 0.0132. The van der Waals surface area contributed by atoms with Crippen molar-refractivity contribution in [3.8, 4) is 0 Å². The summed E-state index contributed by atoms with van der Waals surface area (Å²) in [5.41, 5.74) is 3.21. The SMILES string of the molecule is CC/C=C(/C)C(=O)NCc1cccc(CN2CCO[C@@H](C)C2)c1. The zero-order chi connectivity index (χ0) is 16.7. The number of nitrogens with one attached hydrogen (secondary N) is 1. The van der Waals surface area contributed by atoms with Crippen LogP contribution in [-0.4, -0.2) is 36.6 Å². The molecule has 1 amide bonds. The van der Waals surface area contributed by atoms with Gasteiger partial charge in [0.2, 0.25) is 5.91 Å². The Hall–Kier alpha value is -1.65. The molecule has 0 aromatic heterocycles. The van der Waals surface area contributed by atoms with E-state index in [1.54, 1.807) is 0 Å². The molecule has 0 aliphatic carbocycles. The summed E-state index contributed by atoms with van der Waals surface area (Å²) in [5, 5.41) is 2.98. The van der Waals surface area contributed by atoms with Crippen molar-refractivity contribution in [3.05, 3.63) is 47.0 Å². The van der Waals surface area contributed by atoms with Crippen molar-refractivity contribution in [2.75, 3.05) is 19.7 Å². The van der Waals surface area contributed by atoms with E-state index >= 15 is 0 Å². The smallest absolute Gasteiger partial charge is 0.246 e. The van der Waals surface area contributed by atoms with Crippen molar-refractivity contribution in [2.45, 2.75) is 46.4 Å². The average molecular weight is 316 g/mol. The molecule has 1 aromatic carbocycles. The van der Waals surface area contributed by atoms with Crippen LogP contribution in [0.25, 0.3) is 0 Å². The summed E-state index contributed by atoms with van der Waals surface area (Å²) in [6.45, 7) is 10.3. The fraction of sp³-hybridized carbons (Fsp3) is 0.526. The minimum atomic E-state index is 0.0132. The Bertz CT molecular complexity index is 554. The van der Waals surface area contributed by atoms with Gasteiger partial charge in [0, 0.05) is 31.8 Å². The largest absolute Gasteiger partial charge is 0.376 e. The zero-order valence-corrected chi connectivity index (χ0v) is 14.5. The number of carbonyl (C=O) groups excluding carboxylic acids is 1. The van der Waals surface area contributed by atoms with Crippen LogP contribution in [0.3, 0.4) is 0 Å². The van der Waals surface area contributed by atoms with Crippen molar-refractivity contribution in [1.29, 1.82) is 0 Å². The Labute approximate surface area is 139 Å². The highest BCUT2D eigenvalue weighted by Crippen LogP contribution is 2.12. The molecule has 0 saturated carbocycles. The topological polar surface area (TPSA) is 41.6 Å². The van der Waals surface area contributed by atoms with Gasteiger partial charge in [-0.3, -0.25) is 9.69 Å². The van der Waals surface area contributed by atoms with Crippen LogP contribution >= 0.6 is 0 Å². The molecular formula is C19H28N2O2. The van der Waals surface area contributed by atoms with Crippen LogP contribution in [-0.2, 0) is 22.6 Å². The maximum absolute atomic E-state index is 11.9. The van der Waals surface area contributed by atoms with E-state index in [-0.39, 0.29) is 5.91 Å². The van der Waals surface area contributed by atoms with Crippen LogP contribution in [0.1, 0.15) is 38.3 Å². The lowest BCUT2D eigenvalue weighted by molar-refractivity contribution is -0.117. The number of benzene rings is 1. The third-order valence-electron chi connectivity index (χ3n) is 4.04. The highest BCUT2D eigenvalue weighted by Gasteiger charge is 2.16. The average Bonchev–Trinajstić information content (AvgIpc) is 2.53.